The van der Waals surface area contributed by atoms with Gasteiger partial charge in [0.25, 0.3) is 0 Å². The van der Waals surface area contributed by atoms with Gasteiger partial charge in [-0.25, -0.2) is 0 Å². The predicted octanol–water partition coefficient (Wildman–Crippen LogP) is 4.20. The molecule has 0 bridgehead atoms. The van der Waals surface area contributed by atoms with Crippen LogP contribution in [0.1, 0.15) is 63.8 Å². The third kappa shape index (κ3) is 5.09. The van der Waals surface area contributed by atoms with Crippen molar-refractivity contribution in [2.75, 3.05) is 7.05 Å². The van der Waals surface area contributed by atoms with E-state index >= 15 is 0 Å². The van der Waals surface area contributed by atoms with Crippen LogP contribution in [-0.4, -0.2) is 12.2 Å². The fraction of sp³-hybridized carbons (Fsp3) is 0.478. The SMILES string of the molecule is C[NH+](Cc1ccccc1)Cc1cc(C(C)(C)C)cc(C(C)(C)C)c1O. The molecule has 2 aromatic carbocycles. The number of phenols is 1. The fourth-order valence-electron chi connectivity index (χ4n) is 3.17. The van der Waals surface area contributed by atoms with Gasteiger partial charge in [-0.05, 0) is 22.5 Å². The van der Waals surface area contributed by atoms with Gasteiger partial charge in [0.15, 0.2) is 0 Å². The molecule has 0 radical (unpaired) electrons. The van der Waals surface area contributed by atoms with Crippen LogP contribution in [0.5, 0.6) is 5.75 Å². The maximum atomic E-state index is 10.9. The van der Waals surface area contributed by atoms with Gasteiger partial charge in [-0.2, -0.15) is 0 Å². The number of hydrogen-bond acceptors (Lipinski definition) is 1. The standard InChI is InChI=1S/C23H33NO/c1-22(2,3)19-13-18(21(25)20(14-19)23(4,5)6)16-24(7)15-17-11-9-8-10-12-17/h8-14,25H,15-16H2,1-7H3/p+1. The minimum Gasteiger partial charge on any atom is -0.507 e. The summed E-state index contributed by atoms with van der Waals surface area (Å²) in [6.45, 7) is 15.0. The average Bonchev–Trinajstić information content (AvgIpc) is 2.48. The summed E-state index contributed by atoms with van der Waals surface area (Å²) >= 11 is 0. The smallest absolute Gasteiger partial charge is 0.128 e. The van der Waals surface area contributed by atoms with Gasteiger partial charge in [-0.3, -0.25) is 0 Å². The molecular weight excluding hydrogens is 306 g/mol. The monoisotopic (exact) mass is 340 g/mol. The molecular formula is C23H34NO+. The highest BCUT2D eigenvalue weighted by Crippen LogP contribution is 2.37. The molecule has 2 aromatic rings. The van der Waals surface area contributed by atoms with Gasteiger partial charge < -0.3 is 10.0 Å². The van der Waals surface area contributed by atoms with Gasteiger partial charge in [0.1, 0.15) is 18.8 Å². The van der Waals surface area contributed by atoms with Crippen molar-refractivity contribution < 1.29 is 10.0 Å². The molecule has 2 rings (SSSR count). The largest absolute Gasteiger partial charge is 0.507 e. The molecule has 136 valence electrons. The summed E-state index contributed by atoms with van der Waals surface area (Å²) in [5.74, 6) is 0.466. The molecule has 0 aliphatic heterocycles. The van der Waals surface area contributed by atoms with Crippen molar-refractivity contribution in [2.45, 2.75) is 65.5 Å². The van der Waals surface area contributed by atoms with Crippen molar-refractivity contribution in [3.8, 4) is 5.75 Å². The Bertz CT molecular complexity index is 705. The van der Waals surface area contributed by atoms with E-state index in [1.54, 1.807) is 0 Å². The normalized spacial score (nSPS) is 13.7. The number of phenolic OH excluding ortho intramolecular Hbond substituents is 1. The number of quaternary nitrogens is 1. The lowest BCUT2D eigenvalue weighted by Gasteiger charge is -2.28. The van der Waals surface area contributed by atoms with Crippen molar-refractivity contribution >= 4 is 0 Å². The van der Waals surface area contributed by atoms with Gasteiger partial charge in [0, 0.05) is 16.7 Å². The Kier molecular flexibility index (Phi) is 5.63. The highest BCUT2D eigenvalue weighted by Gasteiger charge is 2.25. The van der Waals surface area contributed by atoms with Crippen molar-refractivity contribution in [3.05, 3.63) is 64.7 Å². The molecule has 0 aliphatic rings. The first-order valence-corrected chi connectivity index (χ1v) is 9.20. The van der Waals surface area contributed by atoms with Crippen LogP contribution in [0.4, 0.5) is 0 Å². The number of aromatic hydroxyl groups is 1. The average molecular weight is 341 g/mol. The molecule has 1 unspecified atom stereocenters. The van der Waals surface area contributed by atoms with Gasteiger partial charge in [0.2, 0.25) is 0 Å². The minimum absolute atomic E-state index is 0.0653. The first-order valence-electron chi connectivity index (χ1n) is 9.20. The van der Waals surface area contributed by atoms with Crippen LogP contribution in [0.15, 0.2) is 42.5 Å². The van der Waals surface area contributed by atoms with E-state index < -0.39 is 0 Å². The van der Waals surface area contributed by atoms with E-state index in [1.807, 2.05) is 6.07 Å². The molecule has 2 N–H and O–H groups in total. The quantitative estimate of drug-likeness (QED) is 0.856. The second-order valence-electron chi connectivity index (χ2n) is 9.33. The number of hydrogen-bond donors (Lipinski definition) is 2. The predicted molar refractivity (Wildman–Crippen MR) is 106 cm³/mol. The summed E-state index contributed by atoms with van der Waals surface area (Å²) < 4.78 is 0. The first kappa shape index (κ1) is 19.5. The lowest BCUT2D eigenvalue weighted by molar-refractivity contribution is -0.907. The summed E-state index contributed by atoms with van der Waals surface area (Å²) in [6.07, 6.45) is 0. The molecule has 0 saturated heterocycles. The molecule has 0 heterocycles. The van der Waals surface area contributed by atoms with Crippen molar-refractivity contribution in [3.63, 3.8) is 0 Å². The second-order valence-corrected chi connectivity index (χ2v) is 9.33. The Labute approximate surface area is 153 Å². The zero-order valence-corrected chi connectivity index (χ0v) is 16.9. The Hall–Kier alpha value is -1.80. The van der Waals surface area contributed by atoms with Crippen LogP contribution in [0.3, 0.4) is 0 Å². The Morgan fingerprint density at radius 2 is 1.44 bits per heavy atom. The third-order valence-corrected chi connectivity index (χ3v) is 4.70. The summed E-state index contributed by atoms with van der Waals surface area (Å²) in [4.78, 5) is 1.37. The van der Waals surface area contributed by atoms with E-state index in [9.17, 15) is 5.11 Å². The van der Waals surface area contributed by atoms with Crippen molar-refractivity contribution in [1.29, 1.82) is 0 Å². The van der Waals surface area contributed by atoms with E-state index in [-0.39, 0.29) is 10.8 Å². The molecule has 0 fully saturated rings. The maximum absolute atomic E-state index is 10.9. The van der Waals surface area contributed by atoms with Gasteiger partial charge in [0.05, 0.1) is 7.05 Å². The molecule has 0 spiro atoms. The minimum atomic E-state index is -0.0760. The highest BCUT2D eigenvalue weighted by molar-refractivity contribution is 5.48. The van der Waals surface area contributed by atoms with Crippen molar-refractivity contribution in [2.24, 2.45) is 0 Å². The number of nitrogens with one attached hydrogen (secondary N) is 1. The molecule has 0 saturated carbocycles. The summed E-state index contributed by atoms with van der Waals surface area (Å²) in [5.41, 5.74) is 4.69. The second kappa shape index (κ2) is 7.21. The third-order valence-electron chi connectivity index (χ3n) is 4.70. The summed E-state index contributed by atoms with van der Waals surface area (Å²) in [5, 5.41) is 10.9. The lowest BCUT2D eigenvalue weighted by atomic mass is 9.79. The van der Waals surface area contributed by atoms with E-state index in [4.69, 9.17) is 0 Å². The molecule has 2 nitrogen and oxygen atoms in total. The highest BCUT2D eigenvalue weighted by atomic mass is 16.3. The van der Waals surface area contributed by atoms with Gasteiger partial charge >= 0.3 is 0 Å². The molecule has 2 heteroatoms. The maximum Gasteiger partial charge on any atom is 0.128 e. The molecule has 0 aromatic heterocycles. The number of rotatable bonds is 4. The van der Waals surface area contributed by atoms with Crippen LogP contribution in [0.25, 0.3) is 0 Å². The van der Waals surface area contributed by atoms with Crippen LogP contribution in [-0.2, 0) is 23.9 Å². The summed E-state index contributed by atoms with van der Waals surface area (Å²) in [6, 6.07) is 14.9. The van der Waals surface area contributed by atoms with Crippen LogP contribution in [0.2, 0.25) is 0 Å². The van der Waals surface area contributed by atoms with E-state index in [2.05, 4.69) is 85.0 Å². The zero-order valence-electron chi connectivity index (χ0n) is 16.9. The van der Waals surface area contributed by atoms with Crippen molar-refractivity contribution in [1.82, 2.24) is 0 Å². The van der Waals surface area contributed by atoms with E-state index in [0.29, 0.717) is 5.75 Å². The van der Waals surface area contributed by atoms with Gasteiger partial charge in [-0.15, -0.1) is 0 Å². The van der Waals surface area contributed by atoms with Crippen LogP contribution in [0, 0.1) is 0 Å². The number of benzene rings is 2. The van der Waals surface area contributed by atoms with Crippen LogP contribution < -0.4 is 4.90 Å². The fourth-order valence-corrected chi connectivity index (χ4v) is 3.17. The Balaban J connectivity index is 2.35. The van der Waals surface area contributed by atoms with Gasteiger partial charge in [-0.1, -0.05) is 77.9 Å². The molecule has 0 aliphatic carbocycles. The Morgan fingerprint density at radius 1 is 0.840 bits per heavy atom. The lowest BCUT2D eigenvalue weighted by Crippen LogP contribution is -3.06. The zero-order chi connectivity index (χ0) is 18.8. The first-order chi connectivity index (χ1) is 11.5. The molecule has 1 atom stereocenters. The topological polar surface area (TPSA) is 24.7 Å². The molecule has 0 amide bonds. The van der Waals surface area contributed by atoms with E-state index in [0.717, 1.165) is 24.2 Å². The van der Waals surface area contributed by atoms with E-state index in [1.165, 1.54) is 16.0 Å². The summed E-state index contributed by atoms with van der Waals surface area (Å²) in [7, 11) is 2.19. The Morgan fingerprint density at radius 3 is 1.96 bits per heavy atom. The molecule has 25 heavy (non-hydrogen) atoms. The van der Waals surface area contributed by atoms with Crippen LogP contribution >= 0.6 is 0 Å².